The Labute approximate surface area is 262 Å². The molecule has 12 heteroatoms. The number of thiazole rings is 1. The first-order valence-electron chi connectivity index (χ1n) is 13.9. The van der Waals surface area contributed by atoms with E-state index >= 15 is 0 Å². The van der Waals surface area contributed by atoms with Crippen LogP contribution in [0.1, 0.15) is 42.9 Å². The third-order valence-corrected chi connectivity index (χ3v) is 8.21. The van der Waals surface area contributed by atoms with Crippen LogP contribution in [0.5, 0.6) is 0 Å². The van der Waals surface area contributed by atoms with Gasteiger partial charge < -0.3 is 10.1 Å². The van der Waals surface area contributed by atoms with Crippen molar-refractivity contribution in [3.05, 3.63) is 107 Å². The van der Waals surface area contributed by atoms with Gasteiger partial charge in [0.05, 0.1) is 16.6 Å². The van der Waals surface area contributed by atoms with E-state index in [0.717, 1.165) is 21.6 Å². The second kappa shape index (κ2) is 14.0. The topological polar surface area (TPSA) is 138 Å². The predicted molar refractivity (Wildman–Crippen MR) is 172 cm³/mol. The number of rotatable bonds is 11. The van der Waals surface area contributed by atoms with Gasteiger partial charge in [-0.3, -0.25) is 19.0 Å². The highest BCUT2D eigenvalue weighted by Crippen LogP contribution is 2.31. The van der Waals surface area contributed by atoms with Gasteiger partial charge >= 0.3 is 16.4 Å². The van der Waals surface area contributed by atoms with Gasteiger partial charge in [-0.2, -0.15) is 8.42 Å². The Morgan fingerprint density at radius 1 is 0.932 bits per heavy atom. The molecule has 0 aliphatic rings. The molecule has 1 heterocycles. The van der Waals surface area contributed by atoms with Crippen LogP contribution in [0.3, 0.4) is 0 Å². The Morgan fingerprint density at radius 3 is 2.11 bits per heavy atom. The summed E-state index contributed by atoms with van der Waals surface area (Å²) in [6, 6.07) is 24.2. The van der Waals surface area contributed by atoms with Crippen molar-refractivity contribution in [1.82, 2.24) is 15.2 Å². The van der Waals surface area contributed by atoms with E-state index in [2.05, 4.69) is 10.3 Å². The number of aromatic nitrogens is 1. The van der Waals surface area contributed by atoms with E-state index < -0.39 is 34.1 Å². The van der Waals surface area contributed by atoms with Gasteiger partial charge in [-0.1, -0.05) is 72.8 Å². The quantitative estimate of drug-likeness (QED) is 0.174. The molecule has 0 bridgehead atoms. The Kier molecular flexibility index (Phi) is 10.4. The van der Waals surface area contributed by atoms with Crippen LogP contribution in [0.25, 0.3) is 10.4 Å². The minimum atomic E-state index is -4.42. The first-order valence-corrected chi connectivity index (χ1v) is 16.2. The van der Waals surface area contributed by atoms with Crippen LogP contribution in [0, 0.1) is 0 Å². The van der Waals surface area contributed by atoms with E-state index in [1.165, 1.54) is 28.4 Å². The minimum absolute atomic E-state index is 0.194. The standard InChI is InChI=1S/C32H36N4O6S2/c1-32(2,3)42-31(38)36(4)27(20-22-11-7-5-8-12-22)29(37)34-26(19-23-15-17-25(18-16-23)35-44(39,40)41)30-33-21-28(43-30)24-13-9-6-10-14-24/h5-18,21,26-27,35H,19-20H2,1-4H3,(H,34,37)(H,39,40,41)/t26-,27-/m0/s1. The Hall–Kier alpha value is -4.26. The fourth-order valence-electron chi connectivity index (χ4n) is 4.45. The number of carbonyl (C=O) groups excluding carboxylic acids is 2. The number of benzene rings is 3. The van der Waals surface area contributed by atoms with E-state index in [1.807, 2.05) is 65.4 Å². The number of hydrogen-bond acceptors (Lipinski definition) is 7. The summed E-state index contributed by atoms with van der Waals surface area (Å²) < 4.78 is 39.1. The van der Waals surface area contributed by atoms with Crippen molar-refractivity contribution in [3.63, 3.8) is 0 Å². The van der Waals surface area contributed by atoms with Crippen LogP contribution in [0.4, 0.5) is 10.5 Å². The maximum Gasteiger partial charge on any atom is 0.410 e. The van der Waals surface area contributed by atoms with Crippen LogP contribution in [0.15, 0.2) is 91.1 Å². The first kappa shape index (κ1) is 32.6. The summed E-state index contributed by atoms with van der Waals surface area (Å²) in [4.78, 5) is 34.0. The molecular weight excluding hydrogens is 601 g/mol. The number of hydrogen-bond donors (Lipinski definition) is 3. The summed E-state index contributed by atoms with van der Waals surface area (Å²) in [5.74, 6) is -0.381. The maximum atomic E-state index is 14.0. The smallest absolute Gasteiger partial charge is 0.410 e. The Morgan fingerprint density at radius 2 is 1.52 bits per heavy atom. The third-order valence-electron chi connectivity index (χ3n) is 6.56. The summed E-state index contributed by atoms with van der Waals surface area (Å²) in [5.41, 5.74) is 2.11. The van der Waals surface area contributed by atoms with Crippen molar-refractivity contribution in [3.8, 4) is 10.4 Å². The van der Waals surface area contributed by atoms with Gasteiger partial charge in [-0.05, 0) is 56.0 Å². The molecule has 0 saturated carbocycles. The number of nitrogens with zero attached hydrogens (tertiary/aromatic N) is 2. The normalized spacial score (nSPS) is 13.0. The third kappa shape index (κ3) is 9.63. The number of ether oxygens (including phenoxy) is 1. The van der Waals surface area contributed by atoms with Crippen molar-refractivity contribution in [2.75, 3.05) is 11.8 Å². The fourth-order valence-corrected chi connectivity index (χ4v) is 5.86. The molecule has 0 saturated heterocycles. The molecule has 0 aliphatic heterocycles. The second-order valence-corrected chi connectivity index (χ2v) is 13.5. The monoisotopic (exact) mass is 636 g/mol. The average molecular weight is 637 g/mol. The molecule has 0 aliphatic carbocycles. The zero-order chi connectivity index (χ0) is 31.9. The van der Waals surface area contributed by atoms with Crippen molar-refractivity contribution < 1.29 is 27.3 Å². The summed E-state index contributed by atoms with van der Waals surface area (Å²) in [5, 5.41) is 3.79. The van der Waals surface area contributed by atoms with Gasteiger partial charge in [0.25, 0.3) is 0 Å². The first-order chi connectivity index (χ1) is 20.8. The SMILES string of the molecule is CN(C(=O)OC(C)(C)C)[C@@H](Cc1ccccc1)C(=O)N[C@@H](Cc1ccc(NS(=O)(=O)O)cc1)c1ncc(-c2ccccc2)s1. The summed E-state index contributed by atoms with van der Waals surface area (Å²) in [6.07, 6.45) is 1.74. The van der Waals surface area contributed by atoms with Crippen LogP contribution < -0.4 is 10.0 Å². The molecule has 10 nitrogen and oxygen atoms in total. The number of carbonyl (C=O) groups is 2. The zero-order valence-corrected chi connectivity index (χ0v) is 26.6. The highest BCUT2D eigenvalue weighted by atomic mass is 32.2. The second-order valence-electron chi connectivity index (χ2n) is 11.3. The van der Waals surface area contributed by atoms with Crippen molar-refractivity contribution >= 4 is 39.3 Å². The van der Waals surface area contributed by atoms with E-state index in [9.17, 15) is 18.0 Å². The number of likely N-dealkylation sites (N-methyl/N-ethyl adjacent to an activating group) is 1. The van der Waals surface area contributed by atoms with Gasteiger partial charge in [0.2, 0.25) is 5.91 Å². The molecule has 3 N–H and O–H groups in total. The predicted octanol–water partition coefficient (Wildman–Crippen LogP) is 5.90. The summed E-state index contributed by atoms with van der Waals surface area (Å²) in [6.45, 7) is 5.31. The Bertz CT molecular complexity index is 1650. The molecular formula is C32H36N4O6S2. The molecule has 2 atom stereocenters. The van der Waals surface area contributed by atoms with Crippen molar-refractivity contribution in [2.24, 2.45) is 0 Å². The molecule has 4 rings (SSSR count). The summed E-state index contributed by atoms with van der Waals surface area (Å²) >= 11 is 1.45. The molecule has 0 fully saturated rings. The van der Waals surface area contributed by atoms with E-state index in [1.54, 1.807) is 46.1 Å². The van der Waals surface area contributed by atoms with Crippen molar-refractivity contribution in [1.29, 1.82) is 0 Å². The molecule has 4 aromatic rings. The lowest BCUT2D eigenvalue weighted by Crippen LogP contribution is -2.51. The van der Waals surface area contributed by atoms with Crippen LogP contribution in [0.2, 0.25) is 0 Å². The lowest BCUT2D eigenvalue weighted by molar-refractivity contribution is -0.126. The van der Waals surface area contributed by atoms with Gasteiger partial charge in [0, 0.05) is 19.7 Å². The van der Waals surface area contributed by atoms with Crippen LogP contribution in [-0.2, 0) is 32.7 Å². The molecule has 232 valence electrons. The Balaban J connectivity index is 1.64. The molecule has 3 aromatic carbocycles. The molecule has 0 unspecified atom stereocenters. The number of amides is 2. The van der Waals surface area contributed by atoms with E-state index in [4.69, 9.17) is 9.29 Å². The van der Waals surface area contributed by atoms with Gasteiger partial charge in [0.1, 0.15) is 16.7 Å². The lowest BCUT2D eigenvalue weighted by Gasteiger charge is -2.31. The maximum absolute atomic E-state index is 14.0. The van der Waals surface area contributed by atoms with Crippen LogP contribution in [-0.4, -0.2) is 53.5 Å². The number of nitrogens with one attached hydrogen (secondary N) is 2. The molecule has 1 aromatic heterocycles. The molecule has 44 heavy (non-hydrogen) atoms. The van der Waals surface area contributed by atoms with E-state index in [-0.39, 0.29) is 18.0 Å². The minimum Gasteiger partial charge on any atom is -0.444 e. The van der Waals surface area contributed by atoms with Gasteiger partial charge in [0.15, 0.2) is 0 Å². The average Bonchev–Trinajstić information content (AvgIpc) is 3.46. The summed E-state index contributed by atoms with van der Waals surface area (Å²) in [7, 11) is -2.87. The molecule has 0 spiro atoms. The van der Waals surface area contributed by atoms with Crippen molar-refractivity contribution in [2.45, 2.75) is 51.3 Å². The van der Waals surface area contributed by atoms with Gasteiger partial charge in [-0.15, -0.1) is 11.3 Å². The van der Waals surface area contributed by atoms with Gasteiger partial charge in [-0.25, -0.2) is 9.78 Å². The van der Waals surface area contributed by atoms with E-state index in [0.29, 0.717) is 11.4 Å². The van der Waals surface area contributed by atoms with Crippen LogP contribution >= 0.6 is 11.3 Å². The lowest BCUT2D eigenvalue weighted by atomic mass is 10.0. The fraction of sp³-hybridized carbons (Fsp3) is 0.281. The zero-order valence-electron chi connectivity index (χ0n) is 24.9. The highest BCUT2D eigenvalue weighted by Gasteiger charge is 2.32. The molecule has 0 radical (unpaired) electrons. The highest BCUT2D eigenvalue weighted by molar-refractivity contribution is 7.87. The largest absolute Gasteiger partial charge is 0.444 e. The number of anilines is 1. The molecule has 2 amide bonds.